The molecule has 0 heterocycles. The molecule has 18 heavy (non-hydrogen) atoms. The first-order valence-electron chi connectivity index (χ1n) is 6.31. The van der Waals surface area contributed by atoms with Gasteiger partial charge in [-0.3, -0.25) is 0 Å². The molecule has 0 radical (unpaired) electrons. The summed E-state index contributed by atoms with van der Waals surface area (Å²) in [6.45, 7) is 11.2. The van der Waals surface area contributed by atoms with Crippen molar-refractivity contribution in [2.24, 2.45) is 5.73 Å². The van der Waals surface area contributed by atoms with E-state index in [4.69, 9.17) is 22.1 Å². The van der Waals surface area contributed by atoms with Gasteiger partial charge in [-0.2, -0.15) is 0 Å². The third-order valence-corrected chi connectivity index (χ3v) is 4.38. The molecule has 2 nitrogen and oxygen atoms in total. The SMILES string of the molecule is COc1c(C)c(C)c(Cl)c(C)c1C(C)(C)CCN. The van der Waals surface area contributed by atoms with Crippen LogP contribution in [0.4, 0.5) is 0 Å². The highest BCUT2D eigenvalue weighted by atomic mass is 35.5. The van der Waals surface area contributed by atoms with E-state index in [0.717, 1.165) is 33.9 Å². The van der Waals surface area contributed by atoms with E-state index in [9.17, 15) is 0 Å². The van der Waals surface area contributed by atoms with Crippen molar-refractivity contribution in [1.29, 1.82) is 0 Å². The number of ether oxygens (including phenoxy) is 1. The van der Waals surface area contributed by atoms with Gasteiger partial charge in [0.2, 0.25) is 0 Å². The van der Waals surface area contributed by atoms with Gasteiger partial charge in [0.15, 0.2) is 0 Å². The van der Waals surface area contributed by atoms with Gasteiger partial charge in [-0.15, -0.1) is 0 Å². The number of nitrogens with two attached hydrogens (primary N) is 1. The molecule has 0 saturated carbocycles. The molecule has 102 valence electrons. The van der Waals surface area contributed by atoms with E-state index in [0.29, 0.717) is 6.54 Å². The van der Waals surface area contributed by atoms with Crippen LogP contribution in [0.15, 0.2) is 0 Å². The standard InChI is InChI=1S/C15H24ClNO/c1-9-10(2)14(18-6)12(11(3)13(9)16)15(4,5)7-8-17/h7-8,17H2,1-6H3. The van der Waals surface area contributed by atoms with Crippen molar-refractivity contribution in [3.05, 3.63) is 27.3 Å². The van der Waals surface area contributed by atoms with Gasteiger partial charge in [-0.05, 0) is 55.8 Å². The summed E-state index contributed by atoms with van der Waals surface area (Å²) < 4.78 is 5.63. The Morgan fingerprint density at radius 2 is 1.67 bits per heavy atom. The molecular formula is C15H24ClNO. The Bertz CT molecular complexity index is 453. The van der Waals surface area contributed by atoms with Crippen LogP contribution >= 0.6 is 11.6 Å². The van der Waals surface area contributed by atoms with Gasteiger partial charge >= 0.3 is 0 Å². The van der Waals surface area contributed by atoms with Gasteiger partial charge in [0.25, 0.3) is 0 Å². The monoisotopic (exact) mass is 269 g/mol. The fraction of sp³-hybridized carbons (Fsp3) is 0.600. The average molecular weight is 270 g/mol. The van der Waals surface area contributed by atoms with Crippen LogP contribution in [-0.2, 0) is 5.41 Å². The number of benzene rings is 1. The lowest BCUT2D eigenvalue weighted by atomic mass is 9.77. The molecule has 0 saturated heterocycles. The van der Waals surface area contributed by atoms with Crippen molar-refractivity contribution in [3.8, 4) is 5.75 Å². The van der Waals surface area contributed by atoms with E-state index in [1.54, 1.807) is 7.11 Å². The normalized spacial score (nSPS) is 11.8. The first-order valence-corrected chi connectivity index (χ1v) is 6.69. The van der Waals surface area contributed by atoms with Crippen LogP contribution in [0.2, 0.25) is 5.02 Å². The molecule has 0 atom stereocenters. The summed E-state index contributed by atoms with van der Waals surface area (Å²) in [5.41, 5.74) is 10.2. The largest absolute Gasteiger partial charge is 0.496 e. The Morgan fingerprint density at radius 1 is 1.11 bits per heavy atom. The molecule has 0 aliphatic heterocycles. The maximum Gasteiger partial charge on any atom is 0.126 e. The van der Waals surface area contributed by atoms with Crippen molar-refractivity contribution in [2.75, 3.05) is 13.7 Å². The summed E-state index contributed by atoms with van der Waals surface area (Å²) in [6.07, 6.45) is 0.906. The molecule has 1 aromatic carbocycles. The quantitative estimate of drug-likeness (QED) is 0.900. The number of hydrogen-bond donors (Lipinski definition) is 1. The van der Waals surface area contributed by atoms with Crippen LogP contribution in [0.3, 0.4) is 0 Å². The topological polar surface area (TPSA) is 35.2 Å². The second-order valence-electron chi connectivity index (χ2n) is 5.52. The van der Waals surface area contributed by atoms with Gasteiger partial charge < -0.3 is 10.5 Å². The summed E-state index contributed by atoms with van der Waals surface area (Å²) in [7, 11) is 1.72. The molecule has 0 aliphatic carbocycles. The molecular weight excluding hydrogens is 246 g/mol. The van der Waals surface area contributed by atoms with Gasteiger partial charge in [0.1, 0.15) is 5.75 Å². The molecule has 0 fully saturated rings. The zero-order chi connectivity index (χ0) is 14.1. The fourth-order valence-electron chi connectivity index (χ4n) is 2.64. The maximum absolute atomic E-state index is 6.44. The number of hydrogen-bond acceptors (Lipinski definition) is 2. The Balaban J connectivity index is 3.61. The third-order valence-electron chi connectivity index (χ3n) is 3.81. The average Bonchev–Trinajstić information content (AvgIpc) is 2.30. The van der Waals surface area contributed by atoms with Gasteiger partial charge in [0.05, 0.1) is 7.11 Å². The Hall–Kier alpha value is -0.730. The van der Waals surface area contributed by atoms with Crippen LogP contribution < -0.4 is 10.5 Å². The minimum atomic E-state index is -0.0354. The summed E-state index contributed by atoms with van der Waals surface area (Å²) in [5, 5.41) is 0.841. The lowest BCUT2D eigenvalue weighted by Crippen LogP contribution is -2.24. The highest BCUT2D eigenvalue weighted by Gasteiger charge is 2.29. The minimum absolute atomic E-state index is 0.0354. The molecule has 0 amide bonds. The van der Waals surface area contributed by atoms with Crippen LogP contribution in [0.1, 0.15) is 42.5 Å². The Kier molecular flexibility index (Phi) is 4.68. The van der Waals surface area contributed by atoms with Crippen molar-refractivity contribution in [3.63, 3.8) is 0 Å². The zero-order valence-corrected chi connectivity index (χ0v) is 13.0. The first-order chi connectivity index (χ1) is 8.27. The summed E-state index contributed by atoms with van der Waals surface area (Å²) >= 11 is 6.44. The van der Waals surface area contributed by atoms with Crippen molar-refractivity contribution < 1.29 is 4.74 Å². The smallest absolute Gasteiger partial charge is 0.126 e. The highest BCUT2D eigenvalue weighted by Crippen LogP contribution is 2.43. The van der Waals surface area contributed by atoms with E-state index < -0.39 is 0 Å². The second-order valence-corrected chi connectivity index (χ2v) is 5.90. The van der Waals surface area contributed by atoms with Gasteiger partial charge in [0, 0.05) is 10.6 Å². The van der Waals surface area contributed by atoms with Crippen molar-refractivity contribution >= 4 is 11.6 Å². The summed E-state index contributed by atoms with van der Waals surface area (Å²) in [6, 6.07) is 0. The molecule has 0 bridgehead atoms. The van der Waals surface area contributed by atoms with Gasteiger partial charge in [-0.1, -0.05) is 25.4 Å². The van der Waals surface area contributed by atoms with E-state index in [1.165, 1.54) is 5.56 Å². The lowest BCUT2D eigenvalue weighted by Gasteiger charge is -2.31. The van der Waals surface area contributed by atoms with Crippen LogP contribution in [0.5, 0.6) is 5.75 Å². The molecule has 1 rings (SSSR count). The van der Waals surface area contributed by atoms with E-state index >= 15 is 0 Å². The molecule has 0 unspecified atom stereocenters. The Morgan fingerprint density at radius 3 is 2.11 bits per heavy atom. The van der Waals surface area contributed by atoms with Gasteiger partial charge in [-0.25, -0.2) is 0 Å². The van der Waals surface area contributed by atoms with Crippen molar-refractivity contribution in [2.45, 2.75) is 46.5 Å². The highest BCUT2D eigenvalue weighted by molar-refractivity contribution is 6.32. The lowest BCUT2D eigenvalue weighted by molar-refractivity contribution is 0.382. The van der Waals surface area contributed by atoms with E-state index in [1.807, 2.05) is 6.92 Å². The van der Waals surface area contributed by atoms with Crippen LogP contribution in [0, 0.1) is 20.8 Å². The predicted molar refractivity (Wildman–Crippen MR) is 78.9 cm³/mol. The minimum Gasteiger partial charge on any atom is -0.496 e. The van der Waals surface area contributed by atoms with Crippen LogP contribution in [-0.4, -0.2) is 13.7 Å². The summed E-state index contributed by atoms with van der Waals surface area (Å²) in [4.78, 5) is 0. The molecule has 1 aromatic rings. The predicted octanol–water partition coefficient (Wildman–Crippen LogP) is 3.90. The molecule has 0 spiro atoms. The van der Waals surface area contributed by atoms with Crippen molar-refractivity contribution in [1.82, 2.24) is 0 Å². The fourth-order valence-corrected chi connectivity index (χ4v) is 2.88. The molecule has 0 aromatic heterocycles. The van der Waals surface area contributed by atoms with E-state index in [2.05, 4.69) is 27.7 Å². The Labute approximate surface area is 115 Å². The first kappa shape index (κ1) is 15.3. The van der Waals surface area contributed by atoms with Crippen LogP contribution in [0.25, 0.3) is 0 Å². The van der Waals surface area contributed by atoms with E-state index in [-0.39, 0.29) is 5.41 Å². The zero-order valence-electron chi connectivity index (χ0n) is 12.3. The molecule has 3 heteroatoms. The maximum atomic E-state index is 6.44. The number of halogens is 1. The summed E-state index contributed by atoms with van der Waals surface area (Å²) in [5.74, 6) is 0.952. The molecule has 0 aliphatic rings. The number of rotatable bonds is 4. The third kappa shape index (κ3) is 2.50. The molecule has 2 N–H and O–H groups in total. The number of methoxy groups -OCH3 is 1. The second kappa shape index (κ2) is 5.50.